The molecule has 2 heterocycles. The summed E-state index contributed by atoms with van der Waals surface area (Å²) in [7, 11) is 0. The van der Waals surface area contributed by atoms with Gasteiger partial charge in [-0.05, 0) is 0 Å². The van der Waals surface area contributed by atoms with Gasteiger partial charge < -0.3 is 25.5 Å². The number of rotatable bonds is 2. The number of aliphatic hydroxyl groups is 4. The summed E-state index contributed by atoms with van der Waals surface area (Å²) in [5.74, 6) is -1.41. The van der Waals surface area contributed by atoms with E-state index >= 15 is 0 Å². The predicted octanol–water partition coefficient (Wildman–Crippen LogP) is -2.72. The number of carboxylic acid groups (broad SMARTS) is 1. The number of aromatic nitrogens is 3. The van der Waals surface area contributed by atoms with E-state index in [2.05, 4.69) is 10.3 Å². The Bertz CT molecular complexity index is 446. The highest BCUT2D eigenvalue weighted by Gasteiger charge is 2.44. The van der Waals surface area contributed by atoms with Crippen LogP contribution in [0.1, 0.15) is 28.3 Å². The smallest absolute Gasteiger partial charge is 0.358 e. The van der Waals surface area contributed by atoms with Crippen LogP contribution >= 0.6 is 0 Å². The van der Waals surface area contributed by atoms with Crippen molar-refractivity contribution in [3.63, 3.8) is 0 Å². The molecule has 94 valence electrons. The van der Waals surface area contributed by atoms with Crippen molar-refractivity contribution in [2.75, 3.05) is 6.61 Å². The summed E-state index contributed by atoms with van der Waals surface area (Å²) >= 11 is 0. The van der Waals surface area contributed by atoms with Crippen LogP contribution in [0.3, 0.4) is 0 Å². The monoisotopic (exact) mass is 245 g/mol. The molecule has 0 unspecified atom stereocenters. The van der Waals surface area contributed by atoms with Gasteiger partial charge in [0.05, 0.1) is 6.61 Å². The first-order chi connectivity index (χ1) is 7.99. The third-order valence-electron chi connectivity index (χ3n) is 2.78. The lowest BCUT2D eigenvalue weighted by atomic mass is 9.93. The SMILES string of the molecule is O=C(O)c1nnn2c1[C@H](O)[C@@H](O)[C@@H](O)[C@H]2CO. The van der Waals surface area contributed by atoms with Crippen LogP contribution in [0.15, 0.2) is 0 Å². The quantitative estimate of drug-likeness (QED) is 0.377. The number of aromatic carboxylic acids is 1. The molecule has 1 aliphatic rings. The molecule has 0 aliphatic carbocycles. The largest absolute Gasteiger partial charge is 0.476 e. The van der Waals surface area contributed by atoms with E-state index in [1.54, 1.807) is 0 Å². The average Bonchev–Trinajstić information content (AvgIpc) is 2.71. The van der Waals surface area contributed by atoms with Crippen molar-refractivity contribution in [2.24, 2.45) is 0 Å². The van der Waals surface area contributed by atoms with Crippen molar-refractivity contribution in [3.05, 3.63) is 11.4 Å². The minimum absolute atomic E-state index is 0.227. The van der Waals surface area contributed by atoms with Crippen LogP contribution in [-0.2, 0) is 0 Å². The fourth-order valence-electron chi connectivity index (χ4n) is 1.88. The van der Waals surface area contributed by atoms with Gasteiger partial charge in [0.2, 0.25) is 0 Å². The second-order valence-corrected chi connectivity index (χ2v) is 3.75. The molecule has 0 saturated heterocycles. The van der Waals surface area contributed by atoms with Gasteiger partial charge in [0, 0.05) is 0 Å². The van der Waals surface area contributed by atoms with Gasteiger partial charge in [-0.25, -0.2) is 9.48 Å². The van der Waals surface area contributed by atoms with Crippen molar-refractivity contribution >= 4 is 5.97 Å². The van der Waals surface area contributed by atoms with Crippen LogP contribution in [0.4, 0.5) is 0 Å². The van der Waals surface area contributed by atoms with Crippen molar-refractivity contribution in [2.45, 2.75) is 24.4 Å². The van der Waals surface area contributed by atoms with E-state index in [9.17, 15) is 20.1 Å². The molecule has 4 atom stereocenters. The molecule has 1 aromatic heterocycles. The van der Waals surface area contributed by atoms with E-state index in [0.29, 0.717) is 0 Å². The Morgan fingerprint density at radius 2 is 1.94 bits per heavy atom. The van der Waals surface area contributed by atoms with Crippen LogP contribution in [0.25, 0.3) is 0 Å². The molecular weight excluding hydrogens is 234 g/mol. The summed E-state index contributed by atoms with van der Waals surface area (Å²) in [5.41, 5.74) is -0.740. The first kappa shape index (κ1) is 11.9. The van der Waals surface area contributed by atoms with Gasteiger partial charge in [0.15, 0.2) is 5.69 Å². The topological polar surface area (TPSA) is 149 Å². The third-order valence-corrected chi connectivity index (χ3v) is 2.78. The fourth-order valence-corrected chi connectivity index (χ4v) is 1.88. The maximum Gasteiger partial charge on any atom is 0.358 e. The molecule has 0 aromatic carbocycles. The Kier molecular flexibility index (Phi) is 2.83. The van der Waals surface area contributed by atoms with Crippen molar-refractivity contribution in [3.8, 4) is 0 Å². The lowest BCUT2D eigenvalue weighted by Crippen LogP contribution is -2.47. The Labute approximate surface area is 94.5 Å². The van der Waals surface area contributed by atoms with E-state index in [-0.39, 0.29) is 5.69 Å². The zero-order chi connectivity index (χ0) is 12.7. The number of nitrogens with zero attached hydrogens (tertiary/aromatic N) is 3. The van der Waals surface area contributed by atoms with Crippen LogP contribution in [0.2, 0.25) is 0 Å². The summed E-state index contributed by atoms with van der Waals surface area (Å²) in [6, 6.07) is -1.04. The van der Waals surface area contributed by atoms with E-state index in [1.807, 2.05) is 0 Å². The molecular formula is C8H11N3O6. The molecule has 0 amide bonds. The molecule has 0 spiro atoms. The summed E-state index contributed by atoms with van der Waals surface area (Å²) in [4.78, 5) is 10.8. The normalized spacial score (nSPS) is 32.2. The van der Waals surface area contributed by atoms with Crippen LogP contribution in [-0.4, -0.2) is 65.3 Å². The highest BCUT2D eigenvalue weighted by atomic mass is 16.4. The predicted molar refractivity (Wildman–Crippen MR) is 50.1 cm³/mol. The van der Waals surface area contributed by atoms with Gasteiger partial charge in [-0.3, -0.25) is 0 Å². The van der Waals surface area contributed by atoms with Gasteiger partial charge in [-0.2, -0.15) is 0 Å². The van der Waals surface area contributed by atoms with Gasteiger partial charge in [0.25, 0.3) is 0 Å². The standard InChI is InChI=1S/C8H11N3O6/c12-1-2-5(13)7(15)6(14)4-3(8(16)17)9-10-11(2)4/h2,5-7,12-15H,1H2,(H,16,17)/t2-,5+,6+,7+/m1/s1. The highest BCUT2D eigenvalue weighted by Crippen LogP contribution is 2.33. The molecule has 0 saturated carbocycles. The lowest BCUT2D eigenvalue weighted by molar-refractivity contribution is -0.110. The molecule has 1 aliphatic heterocycles. The van der Waals surface area contributed by atoms with Crippen molar-refractivity contribution in [1.29, 1.82) is 0 Å². The van der Waals surface area contributed by atoms with Gasteiger partial charge in [-0.15, -0.1) is 5.10 Å². The lowest BCUT2D eigenvalue weighted by Gasteiger charge is -2.34. The number of carbonyl (C=O) groups is 1. The molecule has 9 nitrogen and oxygen atoms in total. The maximum absolute atomic E-state index is 10.8. The molecule has 0 radical (unpaired) electrons. The zero-order valence-electron chi connectivity index (χ0n) is 8.50. The van der Waals surface area contributed by atoms with Crippen LogP contribution in [0.5, 0.6) is 0 Å². The minimum atomic E-state index is -1.62. The number of fused-ring (bicyclic) bond motifs is 1. The van der Waals surface area contributed by atoms with Crippen molar-refractivity contribution < 1.29 is 30.3 Å². The molecule has 0 bridgehead atoms. The molecule has 9 heteroatoms. The summed E-state index contributed by atoms with van der Waals surface area (Å²) in [6.07, 6.45) is -4.67. The Balaban J connectivity index is 2.57. The van der Waals surface area contributed by atoms with Gasteiger partial charge in [-0.1, -0.05) is 5.21 Å². The van der Waals surface area contributed by atoms with E-state index in [1.165, 1.54) is 0 Å². The van der Waals surface area contributed by atoms with E-state index < -0.39 is 42.6 Å². The number of aliphatic hydroxyl groups excluding tert-OH is 4. The molecule has 1 aromatic rings. The number of hydrogen-bond donors (Lipinski definition) is 5. The van der Waals surface area contributed by atoms with Crippen molar-refractivity contribution in [1.82, 2.24) is 15.0 Å². The zero-order valence-corrected chi connectivity index (χ0v) is 8.50. The first-order valence-electron chi connectivity index (χ1n) is 4.82. The second-order valence-electron chi connectivity index (χ2n) is 3.75. The first-order valence-corrected chi connectivity index (χ1v) is 4.82. The Morgan fingerprint density at radius 3 is 2.47 bits per heavy atom. The molecule has 5 N–H and O–H groups in total. The molecule has 2 rings (SSSR count). The average molecular weight is 245 g/mol. The van der Waals surface area contributed by atoms with Gasteiger partial charge in [0.1, 0.15) is 30.0 Å². The molecule has 17 heavy (non-hydrogen) atoms. The number of carboxylic acids is 1. The van der Waals surface area contributed by atoms with E-state index in [4.69, 9.17) is 10.2 Å². The second kappa shape index (κ2) is 4.04. The van der Waals surface area contributed by atoms with Crippen LogP contribution < -0.4 is 0 Å². The molecule has 0 fully saturated rings. The maximum atomic E-state index is 10.8. The minimum Gasteiger partial charge on any atom is -0.476 e. The third kappa shape index (κ3) is 1.60. The fraction of sp³-hybridized carbons (Fsp3) is 0.625. The Morgan fingerprint density at radius 1 is 1.29 bits per heavy atom. The van der Waals surface area contributed by atoms with Crippen LogP contribution in [0, 0.1) is 0 Å². The Hall–Kier alpha value is -1.55. The number of hydrogen-bond acceptors (Lipinski definition) is 7. The van der Waals surface area contributed by atoms with E-state index in [0.717, 1.165) is 4.68 Å². The highest BCUT2D eigenvalue weighted by molar-refractivity contribution is 5.86. The summed E-state index contributed by atoms with van der Waals surface area (Å²) < 4.78 is 0.922. The summed E-state index contributed by atoms with van der Waals surface area (Å²) in [5, 5.41) is 53.5. The van der Waals surface area contributed by atoms with Gasteiger partial charge >= 0.3 is 5.97 Å². The summed E-state index contributed by atoms with van der Waals surface area (Å²) in [6.45, 7) is -0.569.